The molecule has 3 aliphatic rings. The Morgan fingerprint density at radius 1 is 0.872 bits per heavy atom. The fourth-order valence-corrected chi connectivity index (χ4v) is 13.3. The normalized spacial score (nSPS) is 27.8. The van der Waals surface area contributed by atoms with Crippen molar-refractivity contribution in [2.45, 2.75) is 127 Å². The highest BCUT2D eigenvalue weighted by atomic mass is 28.4. The zero-order valence-electron chi connectivity index (χ0n) is 25.0. The number of nitrogens with zero attached hydrogens (tertiary/aromatic N) is 1. The van der Waals surface area contributed by atoms with Crippen LogP contribution in [-0.2, 0) is 9.22 Å². The van der Waals surface area contributed by atoms with Gasteiger partial charge < -0.3 is 4.43 Å². The number of carbonyl (C=O) groups excluding carboxylic acids is 1. The van der Waals surface area contributed by atoms with Gasteiger partial charge >= 0.3 is 0 Å². The van der Waals surface area contributed by atoms with Crippen LogP contribution in [0.25, 0.3) is 0 Å². The third kappa shape index (κ3) is 5.34. The molecule has 4 heteroatoms. The van der Waals surface area contributed by atoms with Crippen molar-refractivity contribution in [1.29, 1.82) is 0 Å². The summed E-state index contributed by atoms with van der Waals surface area (Å²) in [5, 5.41) is 2.70. The first-order valence-electron chi connectivity index (χ1n) is 15.9. The maximum absolute atomic E-state index is 13.5. The highest BCUT2D eigenvalue weighted by Crippen LogP contribution is 2.53. The molecular weight excluding hydrogens is 494 g/mol. The summed E-state index contributed by atoms with van der Waals surface area (Å²) < 4.78 is 7.51. The van der Waals surface area contributed by atoms with Crippen LogP contribution in [0.2, 0.25) is 5.04 Å². The summed E-state index contributed by atoms with van der Waals surface area (Å²) in [4.78, 5) is 16.4. The van der Waals surface area contributed by atoms with Crippen LogP contribution in [0.4, 0.5) is 0 Å². The molecule has 212 valence electrons. The minimum absolute atomic E-state index is 0.0171. The van der Waals surface area contributed by atoms with E-state index >= 15 is 0 Å². The van der Waals surface area contributed by atoms with Gasteiger partial charge in [0.15, 0.2) is 0 Å². The number of benzene rings is 2. The Bertz CT molecular complexity index is 1040. The first-order valence-corrected chi connectivity index (χ1v) is 17.8. The van der Waals surface area contributed by atoms with E-state index in [0.717, 1.165) is 32.3 Å². The molecule has 2 aliphatic heterocycles. The zero-order chi connectivity index (χ0) is 27.5. The molecule has 4 atom stereocenters. The summed E-state index contributed by atoms with van der Waals surface area (Å²) in [6.07, 6.45) is 14.1. The van der Waals surface area contributed by atoms with Crippen LogP contribution in [0.5, 0.6) is 0 Å². The predicted molar refractivity (Wildman–Crippen MR) is 165 cm³/mol. The molecule has 39 heavy (non-hydrogen) atoms. The van der Waals surface area contributed by atoms with Gasteiger partial charge in [-0.1, -0.05) is 127 Å². The first kappa shape index (κ1) is 28.8. The Morgan fingerprint density at radius 3 is 2.15 bits per heavy atom. The molecular formula is C35H51NO2Si. The van der Waals surface area contributed by atoms with Crippen molar-refractivity contribution in [1.82, 2.24) is 4.90 Å². The van der Waals surface area contributed by atoms with Gasteiger partial charge in [-0.2, -0.15) is 0 Å². The van der Waals surface area contributed by atoms with Gasteiger partial charge in [0.05, 0.1) is 6.61 Å². The summed E-state index contributed by atoms with van der Waals surface area (Å²) in [5.41, 5.74) is 0.0858. The second-order valence-electron chi connectivity index (χ2n) is 13.6. The number of ketones is 1. The lowest BCUT2D eigenvalue weighted by molar-refractivity contribution is -0.143. The van der Waals surface area contributed by atoms with E-state index in [4.69, 9.17) is 4.43 Å². The summed E-state index contributed by atoms with van der Waals surface area (Å²) >= 11 is 0. The van der Waals surface area contributed by atoms with E-state index in [2.05, 4.69) is 93.3 Å². The van der Waals surface area contributed by atoms with Crippen LogP contribution in [0.3, 0.4) is 0 Å². The van der Waals surface area contributed by atoms with Gasteiger partial charge in [0.1, 0.15) is 5.78 Å². The quantitative estimate of drug-likeness (QED) is 0.232. The van der Waals surface area contributed by atoms with Gasteiger partial charge in [-0.25, -0.2) is 0 Å². The average molecular weight is 546 g/mol. The molecule has 0 radical (unpaired) electrons. The fraction of sp³-hybridized carbons (Fsp3) is 0.629. The highest BCUT2D eigenvalue weighted by Gasteiger charge is 2.59. The molecule has 2 saturated heterocycles. The SMILES string of the molecule is CCCCCC[C@@H]1CC(=O)[C@@H]2CCCC[C@@]23CC[C@H](CO[Si](c2ccccc2)(c2ccccc2)C(C)(C)C)N13. The first-order chi connectivity index (χ1) is 18.8. The molecule has 0 N–H and O–H groups in total. The minimum atomic E-state index is -2.58. The highest BCUT2D eigenvalue weighted by molar-refractivity contribution is 6.99. The average Bonchev–Trinajstić information content (AvgIpc) is 3.30. The molecule has 3 fully saturated rings. The number of carbonyl (C=O) groups is 1. The minimum Gasteiger partial charge on any atom is -0.406 e. The maximum Gasteiger partial charge on any atom is 0.261 e. The molecule has 0 amide bonds. The molecule has 3 nitrogen and oxygen atoms in total. The van der Waals surface area contributed by atoms with Crippen LogP contribution in [0, 0.1) is 5.92 Å². The Kier molecular flexibility index (Phi) is 8.85. The number of hydrogen-bond donors (Lipinski definition) is 0. The van der Waals surface area contributed by atoms with E-state index < -0.39 is 8.32 Å². The second kappa shape index (κ2) is 12.0. The Balaban J connectivity index is 1.48. The molecule has 5 rings (SSSR count). The number of hydrogen-bond acceptors (Lipinski definition) is 3. The third-order valence-corrected chi connectivity index (χ3v) is 15.3. The molecule has 1 spiro atoms. The van der Waals surface area contributed by atoms with Crippen LogP contribution >= 0.6 is 0 Å². The van der Waals surface area contributed by atoms with Crippen LogP contribution in [0.15, 0.2) is 60.7 Å². The van der Waals surface area contributed by atoms with Crippen LogP contribution in [-0.4, -0.2) is 43.2 Å². The molecule has 2 aromatic carbocycles. The largest absolute Gasteiger partial charge is 0.406 e. The topological polar surface area (TPSA) is 29.5 Å². The summed E-state index contributed by atoms with van der Waals surface area (Å²) in [5.74, 6) is 0.816. The van der Waals surface area contributed by atoms with Crippen LogP contribution < -0.4 is 10.4 Å². The van der Waals surface area contributed by atoms with Gasteiger partial charge in [0.2, 0.25) is 0 Å². The fourth-order valence-electron chi connectivity index (χ4n) is 8.67. The van der Waals surface area contributed by atoms with Crippen molar-refractivity contribution in [3.05, 3.63) is 60.7 Å². The summed E-state index contributed by atoms with van der Waals surface area (Å²) in [6, 6.07) is 22.9. The molecule has 0 bridgehead atoms. The summed E-state index contributed by atoms with van der Waals surface area (Å²) in [7, 11) is -2.58. The molecule has 1 aliphatic carbocycles. The maximum atomic E-state index is 13.5. The van der Waals surface area contributed by atoms with E-state index in [1.54, 1.807) is 0 Å². The van der Waals surface area contributed by atoms with E-state index in [0.29, 0.717) is 17.9 Å². The number of unbranched alkanes of at least 4 members (excludes halogenated alkanes) is 3. The molecule has 2 heterocycles. The Morgan fingerprint density at radius 2 is 1.54 bits per heavy atom. The van der Waals surface area contributed by atoms with Gasteiger partial charge in [0.25, 0.3) is 8.32 Å². The molecule has 0 unspecified atom stereocenters. The van der Waals surface area contributed by atoms with E-state index in [-0.39, 0.29) is 16.5 Å². The van der Waals surface area contributed by atoms with Crippen molar-refractivity contribution in [2.24, 2.45) is 5.92 Å². The van der Waals surface area contributed by atoms with Gasteiger partial charge in [0, 0.05) is 30.0 Å². The van der Waals surface area contributed by atoms with Crippen molar-refractivity contribution in [2.75, 3.05) is 6.61 Å². The van der Waals surface area contributed by atoms with E-state index in [1.165, 1.54) is 61.7 Å². The number of Topliss-reactive ketones (excluding diaryl/α,β-unsaturated/α-hetero) is 1. The van der Waals surface area contributed by atoms with Crippen molar-refractivity contribution >= 4 is 24.5 Å². The second-order valence-corrected chi connectivity index (χ2v) is 18.0. The Hall–Kier alpha value is -1.75. The van der Waals surface area contributed by atoms with Crippen molar-refractivity contribution < 1.29 is 9.22 Å². The third-order valence-electron chi connectivity index (χ3n) is 10.3. The number of rotatable bonds is 10. The lowest BCUT2D eigenvalue weighted by atomic mass is 9.65. The van der Waals surface area contributed by atoms with Crippen LogP contribution in [0.1, 0.15) is 105 Å². The van der Waals surface area contributed by atoms with Gasteiger partial charge in [-0.05, 0) is 47.5 Å². The monoisotopic (exact) mass is 545 g/mol. The molecule has 1 saturated carbocycles. The molecule has 0 aromatic heterocycles. The van der Waals surface area contributed by atoms with E-state index in [9.17, 15) is 4.79 Å². The summed E-state index contributed by atoms with van der Waals surface area (Å²) in [6.45, 7) is 10.2. The lowest BCUT2D eigenvalue weighted by Gasteiger charge is -2.55. The smallest absolute Gasteiger partial charge is 0.261 e. The van der Waals surface area contributed by atoms with E-state index in [1.807, 2.05) is 0 Å². The molecule has 2 aromatic rings. The van der Waals surface area contributed by atoms with Crippen molar-refractivity contribution in [3.63, 3.8) is 0 Å². The van der Waals surface area contributed by atoms with Crippen molar-refractivity contribution in [3.8, 4) is 0 Å². The number of piperidine rings is 1. The Labute approximate surface area is 238 Å². The van der Waals surface area contributed by atoms with Gasteiger partial charge in [-0.3, -0.25) is 9.69 Å². The lowest BCUT2D eigenvalue weighted by Crippen LogP contribution is -2.68. The standard InChI is InChI=1S/C35H51NO2Si/c1-5-6-7-10-17-28-26-33(37)32-22-15-16-24-35(32)25-23-29(36(28)35)27-38-39(34(2,3)4,30-18-11-8-12-19-30)31-20-13-9-14-21-31/h8-9,11-14,18-21,28-29,32H,5-7,10,15-17,22-27H2,1-4H3/t28-,29-,32+,35-/m1/s1. The zero-order valence-corrected chi connectivity index (χ0v) is 26.0. The predicted octanol–water partition coefficient (Wildman–Crippen LogP) is 7.27. The van der Waals surface area contributed by atoms with Gasteiger partial charge in [-0.15, -0.1) is 0 Å².